The first-order chi connectivity index (χ1) is 10.0. The third-order valence-electron chi connectivity index (χ3n) is 2.60. The van der Waals surface area contributed by atoms with Crippen LogP contribution in [0.1, 0.15) is 5.56 Å². The molecule has 0 aliphatic carbocycles. The van der Waals surface area contributed by atoms with Crippen LogP contribution in [0.4, 0.5) is 5.69 Å². The second-order valence-corrected chi connectivity index (χ2v) is 4.90. The standard InChI is InChI=1S/C13H10BrN3O4/c14-9-2-4-10(5-3-9)21-12-6-1-8(13(15)16-18)7-11(12)17(19)20/h1-7,18H,(H2,15,16). The van der Waals surface area contributed by atoms with Gasteiger partial charge < -0.3 is 15.7 Å². The van der Waals surface area contributed by atoms with Gasteiger partial charge in [0, 0.05) is 16.1 Å². The van der Waals surface area contributed by atoms with Crippen LogP contribution in [-0.2, 0) is 0 Å². The van der Waals surface area contributed by atoms with E-state index in [4.69, 9.17) is 15.7 Å². The Hall–Kier alpha value is -2.61. The number of halogens is 1. The summed E-state index contributed by atoms with van der Waals surface area (Å²) in [5.74, 6) is 0.308. The van der Waals surface area contributed by atoms with Gasteiger partial charge in [0.25, 0.3) is 0 Å². The second kappa shape index (κ2) is 6.23. The minimum absolute atomic E-state index is 0.0665. The monoisotopic (exact) mass is 351 g/mol. The zero-order chi connectivity index (χ0) is 15.4. The van der Waals surface area contributed by atoms with Gasteiger partial charge in [-0.15, -0.1) is 0 Å². The number of nitro benzene ring substituents is 1. The Labute approximate surface area is 127 Å². The minimum Gasteiger partial charge on any atom is -0.450 e. The molecule has 0 unspecified atom stereocenters. The molecule has 0 radical (unpaired) electrons. The summed E-state index contributed by atoms with van der Waals surface area (Å²) in [5, 5.41) is 22.5. The highest BCUT2D eigenvalue weighted by atomic mass is 79.9. The van der Waals surface area contributed by atoms with Gasteiger partial charge in [-0.1, -0.05) is 21.1 Å². The lowest BCUT2D eigenvalue weighted by Crippen LogP contribution is -2.13. The maximum Gasteiger partial charge on any atom is 0.312 e. The summed E-state index contributed by atoms with van der Waals surface area (Å²) < 4.78 is 6.36. The molecule has 108 valence electrons. The number of nitrogens with two attached hydrogens (primary N) is 1. The molecule has 2 aromatic carbocycles. The Balaban J connectivity index is 2.39. The van der Waals surface area contributed by atoms with E-state index in [-0.39, 0.29) is 22.8 Å². The molecule has 21 heavy (non-hydrogen) atoms. The van der Waals surface area contributed by atoms with Crippen LogP contribution in [0.15, 0.2) is 52.1 Å². The molecule has 8 heteroatoms. The molecule has 2 aromatic rings. The maximum atomic E-state index is 11.1. The molecule has 0 saturated carbocycles. The molecule has 7 nitrogen and oxygen atoms in total. The van der Waals surface area contributed by atoms with Gasteiger partial charge in [-0.25, -0.2) is 0 Å². The van der Waals surface area contributed by atoms with Crippen molar-refractivity contribution in [1.82, 2.24) is 0 Å². The van der Waals surface area contributed by atoms with Gasteiger partial charge in [0.15, 0.2) is 5.84 Å². The Kier molecular flexibility index (Phi) is 4.39. The van der Waals surface area contributed by atoms with E-state index in [1.807, 2.05) is 0 Å². The van der Waals surface area contributed by atoms with Crippen LogP contribution in [0.25, 0.3) is 0 Å². The van der Waals surface area contributed by atoms with Gasteiger partial charge in [-0.3, -0.25) is 10.1 Å². The zero-order valence-electron chi connectivity index (χ0n) is 10.6. The zero-order valence-corrected chi connectivity index (χ0v) is 12.1. The predicted octanol–water partition coefficient (Wildman–Crippen LogP) is 3.24. The summed E-state index contributed by atoms with van der Waals surface area (Å²) in [6.45, 7) is 0. The number of amidine groups is 1. The van der Waals surface area contributed by atoms with Gasteiger partial charge >= 0.3 is 5.69 Å². The lowest BCUT2D eigenvalue weighted by molar-refractivity contribution is -0.385. The van der Waals surface area contributed by atoms with Crippen molar-refractivity contribution >= 4 is 27.5 Å². The fourth-order valence-electron chi connectivity index (χ4n) is 1.59. The van der Waals surface area contributed by atoms with E-state index in [1.54, 1.807) is 24.3 Å². The first-order valence-electron chi connectivity index (χ1n) is 5.71. The number of nitro groups is 1. The van der Waals surface area contributed by atoms with Crippen molar-refractivity contribution in [2.75, 3.05) is 0 Å². The van der Waals surface area contributed by atoms with Crippen molar-refractivity contribution < 1.29 is 14.9 Å². The molecule has 0 spiro atoms. The van der Waals surface area contributed by atoms with Crippen LogP contribution < -0.4 is 10.5 Å². The third kappa shape index (κ3) is 3.48. The number of hydrogen-bond acceptors (Lipinski definition) is 5. The highest BCUT2D eigenvalue weighted by Crippen LogP contribution is 2.32. The van der Waals surface area contributed by atoms with Crippen molar-refractivity contribution in [2.24, 2.45) is 10.9 Å². The molecular weight excluding hydrogens is 342 g/mol. The van der Waals surface area contributed by atoms with Crippen molar-refractivity contribution in [3.8, 4) is 11.5 Å². The number of ether oxygens (including phenoxy) is 1. The lowest BCUT2D eigenvalue weighted by atomic mass is 10.1. The molecule has 0 aliphatic rings. The minimum atomic E-state index is -0.595. The first-order valence-corrected chi connectivity index (χ1v) is 6.50. The van der Waals surface area contributed by atoms with Crippen molar-refractivity contribution in [2.45, 2.75) is 0 Å². The number of benzene rings is 2. The quantitative estimate of drug-likeness (QED) is 0.288. The second-order valence-electron chi connectivity index (χ2n) is 3.98. The summed E-state index contributed by atoms with van der Waals surface area (Å²) in [4.78, 5) is 10.5. The third-order valence-corrected chi connectivity index (χ3v) is 3.13. The van der Waals surface area contributed by atoms with Gasteiger partial charge in [0.1, 0.15) is 5.75 Å². The molecule has 0 amide bonds. The molecule has 0 aromatic heterocycles. The summed E-state index contributed by atoms with van der Waals surface area (Å²) in [6.07, 6.45) is 0. The summed E-state index contributed by atoms with van der Waals surface area (Å²) in [7, 11) is 0. The number of hydrogen-bond donors (Lipinski definition) is 2. The molecule has 0 bridgehead atoms. The van der Waals surface area contributed by atoms with Crippen LogP contribution >= 0.6 is 15.9 Å². The van der Waals surface area contributed by atoms with E-state index in [9.17, 15) is 10.1 Å². The van der Waals surface area contributed by atoms with Gasteiger partial charge in [-0.2, -0.15) is 0 Å². The van der Waals surface area contributed by atoms with Crippen molar-refractivity contribution in [3.63, 3.8) is 0 Å². The van der Waals surface area contributed by atoms with E-state index < -0.39 is 4.92 Å². The molecule has 0 atom stereocenters. The topological polar surface area (TPSA) is 111 Å². The normalized spacial score (nSPS) is 11.2. The van der Waals surface area contributed by atoms with Crippen LogP contribution in [0.2, 0.25) is 0 Å². The van der Waals surface area contributed by atoms with Crippen molar-refractivity contribution in [3.05, 3.63) is 62.6 Å². The Morgan fingerprint density at radius 2 is 1.95 bits per heavy atom. The van der Waals surface area contributed by atoms with Gasteiger partial charge in [-0.05, 0) is 36.4 Å². The predicted molar refractivity (Wildman–Crippen MR) is 79.8 cm³/mol. The molecule has 0 fully saturated rings. The van der Waals surface area contributed by atoms with Crippen LogP contribution in [0.5, 0.6) is 11.5 Å². The Bertz CT molecular complexity index is 701. The molecule has 2 rings (SSSR count). The largest absolute Gasteiger partial charge is 0.450 e. The van der Waals surface area contributed by atoms with E-state index in [2.05, 4.69) is 21.1 Å². The first kappa shape index (κ1) is 14.8. The molecule has 3 N–H and O–H groups in total. The lowest BCUT2D eigenvalue weighted by Gasteiger charge is -2.07. The Morgan fingerprint density at radius 1 is 1.29 bits per heavy atom. The fourth-order valence-corrected chi connectivity index (χ4v) is 1.86. The fraction of sp³-hybridized carbons (Fsp3) is 0. The number of oxime groups is 1. The van der Waals surface area contributed by atoms with E-state index >= 15 is 0 Å². The van der Waals surface area contributed by atoms with Crippen LogP contribution in [0, 0.1) is 10.1 Å². The summed E-state index contributed by atoms with van der Waals surface area (Å²) in [5.41, 5.74) is 5.37. The van der Waals surface area contributed by atoms with E-state index in [0.29, 0.717) is 5.75 Å². The van der Waals surface area contributed by atoms with E-state index in [0.717, 1.165) is 4.47 Å². The van der Waals surface area contributed by atoms with Crippen molar-refractivity contribution in [1.29, 1.82) is 0 Å². The summed E-state index contributed by atoms with van der Waals surface area (Å²) >= 11 is 3.29. The smallest absolute Gasteiger partial charge is 0.312 e. The maximum absolute atomic E-state index is 11.1. The molecule has 0 heterocycles. The SMILES string of the molecule is NC(=NO)c1ccc(Oc2ccc(Br)cc2)c([N+](=O)[O-])c1. The molecular formula is C13H10BrN3O4. The molecule has 0 aliphatic heterocycles. The van der Waals surface area contributed by atoms with Gasteiger partial charge in [0.05, 0.1) is 4.92 Å². The highest BCUT2D eigenvalue weighted by Gasteiger charge is 2.18. The van der Waals surface area contributed by atoms with E-state index in [1.165, 1.54) is 18.2 Å². The number of rotatable bonds is 4. The average Bonchev–Trinajstić information content (AvgIpc) is 2.49. The molecule has 0 saturated heterocycles. The Morgan fingerprint density at radius 3 is 2.52 bits per heavy atom. The number of nitrogens with zero attached hydrogens (tertiary/aromatic N) is 2. The summed E-state index contributed by atoms with van der Waals surface area (Å²) in [6, 6.07) is 10.9. The highest BCUT2D eigenvalue weighted by molar-refractivity contribution is 9.10. The average molecular weight is 352 g/mol. The van der Waals surface area contributed by atoms with Crippen LogP contribution in [0.3, 0.4) is 0 Å². The van der Waals surface area contributed by atoms with Gasteiger partial charge in [0.2, 0.25) is 5.75 Å². The van der Waals surface area contributed by atoms with Crippen LogP contribution in [-0.4, -0.2) is 16.0 Å².